The van der Waals surface area contributed by atoms with Crippen LogP contribution in [0, 0.1) is 31.6 Å². The highest BCUT2D eigenvalue weighted by atomic mass is 32.2. The van der Waals surface area contributed by atoms with E-state index in [9.17, 15) is 21.6 Å². The number of benzene rings is 4. The van der Waals surface area contributed by atoms with Gasteiger partial charge in [-0.15, -0.1) is 0 Å². The van der Waals surface area contributed by atoms with Crippen molar-refractivity contribution in [3.05, 3.63) is 135 Å². The summed E-state index contributed by atoms with van der Waals surface area (Å²) in [4.78, 5) is 14.0. The van der Waals surface area contributed by atoms with Gasteiger partial charge in [-0.3, -0.25) is 13.2 Å². The van der Waals surface area contributed by atoms with Gasteiger partial charge < -0.3 is 0 Å². The molecule has 2 unspecified atom stereocenters. The van der Waals surface area contributed by atoms with Crippen molar-refractivity contribution in [1.29, 1.82) is 0 Å². The summed E-state index contributed by atoms with van der Waals surface area (Å²) >= 11 is 0. The van der Waals surface area contributed by atoms with Gasteiger partial charge in [-0.05, 0) is 166 Å². The maximum atomic E-state index is 13.9. The molecule has 4 aromatic rings. The van der Waals surface area contributed by atoms with Crippen molar-refractivity contribution in [3.8, 4) is 0 Å². The van der Waals surface area contributed by atoms with Gasteiger partial charge in [0.1, 0.15) is 0 Å². The number of aryl methyl sites for hydroxylation is 3. The Balaban J connectivity index is 1.27. The van der Waals surface area contributed by atoms with Crippen molar-refractivity contribution in [1.82, 2.24) is 0 Å². The van der Waals surface area contributed by atoms with Crippen molar-refractivity contribution in [2.45, 2.75) is 155 Å². The molecule has 5 rings (SSSR count). The number of hydrogen-bond donors (Lipinski definition) is 0. The minimum Gasteiger partial charge on any atom is -0.289 e. The molecule has 0 aromatic heterocycles. The van der Waals surface area contributed by atoms with Crippen molar-refractivity contribution in [3.63, 3.8) is 0 Å². The largest absolute Gasteiger partial charge is 0.296 e. The monoisotopic (exact) mass is 896 g/mol. The number of rotatable bonds is 19. The zero-order valence-corrected chi connectivity index (χ0v) is 41.8. The van der Waals surface area contributed by atoms with Gasteiger partial charge in [0.25, 0.3) is 20.2 Å². The van der Waals surface area contributed by atoms with E-state index in [-0.39, 0.29) is 62.8 Å². The van der Waals surface area contributed by atoms with E-state index in [1.165, 1.54) is 34.4 Å². The lowest BCUT2D eigenvalue weighted by Gasteiger charge is -2.49. The van der Waals surface area contributed by atoms with E-state index in [0.29, 0.717) is 11.1 Å². The molecule has 4 aromatic carbocycles. The molecule has 1 aliphatic rings. The zero-order valence-electron chi connectivity index (χ0n) is 40.2. The minimum atomic E-state index is -4.07. The summed E-state index contributed by atoms with van der Waals surface area (Å²) in [5.74, 6) is 0.175. The molecule has 0 radical (unpaired) electrons. The molecule has 0 heterocycles. The molecule has 1 aliphatic carbocycles. The first-order chi connectivity index (χ1) is 29.3. The number of fused-ring (bicyclic) bond motifs is 1. The SMILES string of the molecule is C=C(c1ccc(S(=O)(=O)OCC(C)C)cc1)c1cc2c(cc1C)C(C)(C)C(CC(C)COS(=O)(=O)c1ccc(C(=O)c3cc(C(C)(C)CCCC)c(CC)cc3C)cc1)CC2(C)C. The predicted molar refractivity (Wildman–Crippen MR) is 258 cm³/mol. The molecule has 0 saturated carbocycles. The average Bonchev–Trinajstić information content (AvgIpc) is 3.22. The summed E-state index contributed by atoms with van der Waals surface area (Å²) in [7, 11) is -7.92. The Bertz CT molecular complexity index is 2530. The van der Waals surface area contributed by atoms with Crippen molar-refractivity contribution < 1.29 is 30.0 Å². The van der Waals surface area contributed by atoms with Crippen molar-refractivity contribution in [2.75, 3.05) is 13.2 Å². The number of carbonyl (C=O) groups is 1. The Hall–Kier alpha value is -3.89. The Morgan fingerprint density at radius 3 is 1.84 bits per heavy atom. The molecule has 0 spiro atoms. The van der Waals surface area contributed by atoms with Crippen LogP contribution in [0.1, 0.15) is 169 Å². The highest BCUT2D eigenvalue weighted by Crippen LogP contribution is 2.52. The Morgan fingerprint density at radius 2 is 1.30 bits per heavy atom. The van der Waals surface area contributed by atoms with Crippen LogP contribution < -0.4 is 0 Å². The molecule has 0 bridgehead atoms. The molecular weight excluding hydrogens is 825 g/mol. The third-order valence-corrected chi connectivity index (χ3v) is 16.1. The van der Waals surface area contributed by atoms with Gasteiger partial charge in [-0.25, -0.2) is 0 Å². The van der Waals surface area contributed by atoms with Gasteiger partial charge in [0.2, 0.25) is 0 Å². The fraction of sp³-hybridized carbons (Fsp3) is 0.500. The van der Waals surface area contributed by atoms with Gasteiger partial charge in [0.15, 0.2) is 5.78 Å². The standard InChI is InChI=1S/C54H72O7S2/c1-15-17-26-52(9,10)48-31-47(37(6)28-40(48)16-2)51(55)42-20-24-45(25-21-42)63(58,59)61-34-36(5)27-43-32-53(11,12)49-30-46(38(7)29-50(49)54(43,13)14)39(8)41-18-22-44(23-19-41)62(56,57)60-33-35(3)4/h18-25,28-31,35-36,43H,8,15-17,26-27,32-34H2,1-7,9-14H3. The molecule has 7 nitrogen and oxygen atoms in total. The van der Waals surface area contributed by atoms with Crippen LogP contribution in [0.3, 0.4) is 0 Å². The van der Waals surface area contributed by atoms with Gasteiger partial charge >= 0.3 is 0 Å². The highest BCUT2D eigenvalue weighted by Gasteiger charge is 2.45. The van der Waals surface area contributed by atoms with Crippen LogP contribution in [-0.4, -0.2) is 35.8 Å². The predicted octanol–water partition coefficient (Wildman–Crippen LogP) is 13.0. The van der Waals surface area contributed by atoms with E-state index in [0.717, 1.165) is 66.4 Å². The molecule has 0 saturated heterocycles. The second kappa shape index (κ2) is 19.3. The van der Waals surface area contributed by atoms with Crippen LogP contribution in [0.15, 0.2) is 89.2 Å². The first-order valence-corrected chi connectivity index (χ1v) is 25.6. The van der Waals surface area contributed by atoms with Crippen molar-refractivity contribution >= 4 is 31.6 Å². The van der Waals surface area contributed by atoms with Crippen molar-refractivity contribution in [2.24, 2.45) is 17.8 Å². The third kappa shape index (κ3) is 11.1. The molecule has 0 aliphatic heterocycles. The second-order valence-electron chi connectivity index (χ2n) is 20.5. The second-order valence-corrected chi connectivity index (χ2v) is 23.7. The molecule has 63 heavy (non-hydrogen) atoms. The normalized spacial score (nSPS) is 16.8. The molecule has 0 fully saturated rings. The van der Waals surface area contributed by atoms with E-state index in [4.69, 9.17) is 8.37 Å². The van der Waals surface area contributed by atoms with Crippen LogP contribution in [0.2, 0.25) is 0 Å². The first kappa shape index (κ1) is 50.1. The van der Waals surface area contributed by atoms with Gasteiger partial charge in [0.05, 0.1) is 23.0 Å². The molecule has 342 valence electrons. The Kier molecular flexibility index (Phi) is 15.3. The molecule has 9 heteroatoms. The van der Waals surface area contributed by atoms with Crippen LogP contribution >= 0.6 is 0 Å². The van der Waals surface area contributed by atoms with E-state index in [2.05, 4.69) is 93.2 Å². The molecule has 0 amide bonds. The quantitative estimate of drug-likeness (QED) is 0.0682. The summed E-state index contributed by atoms with van der Waals surface area (Å²) in [6, 6.07) is 21.6. The van der Waals surface area contributed by atoms with Crippen LogP contribution in [-0.2, 0) is 51.3 Å². The van der Waals surface area contributed by atoms with Crippen LogP contribution in [0.4, 0.5) is 0 Å². The summed E-state index contributed by atoms with van der Waals surface area (Å²) < 4.78 is 63.4. The smallest absolute Gasteiger partial charge is 0.289 e. The van der Waals surface area contributed by atoms with Gasteiger partial charge in [-0.2, -0.15) is 16.8 Å². The Labute approximate surface area is 380 Å². The molecule has 0 N–H and O–H groups in total. The maximum Gasteiger partial charge on any atom is 0.296 e. The van der Waals surface area contributed by atoms with E-state index in [1.54, 1.807) is 36.4 Å². The fourth-order valence-corrected chi connectivity index (χ4v) is 11.5. The Morgan fingerprint density at radius 1 is 0.762 bits per heavy atom. The number of hydrogen-bond acceptors (Lipinski definition) is 7. The molecule has 2 atom stereocenters. The summed E-state index contributed by atoms with van der Waals surface area (Å²) in [6.45, 7) is 32.5. The average molecular weight is 897 g/mol. The van der Waals surface area contributed by atoms with Crippen LogP contribution in [0.5, 0.6) is 0 Å². The summed E-state index contributed by atoms with van der Waals surface area (Å²) in [6.07, 6.45) is 5.82. The fourth-order valence-electron chi connectivity index (χ4n) is 9.42. The summed E-state index contributed by atoms with van der Waals surface area (Å²) in [5, 5.41) is 0. The topological polar surface area (TPSA) is 104 Å². The lowest BCUT2D eigenvalue weighted by Crippen LogP contribution is -2.42. The van der Waals surface area contributed by atoms with E-state index >= 15 is 0 Å². The molecular formula is C54H72O7S2. The number of ketones is 1. The lowest BCUT2D eigenvalue weighted by atomic mass is 9.56. The maximum absolute atomic E-state index is 13.9. The van der Waals surface area contributed by atoms with E-state index in [1.807, 2.05) is 27.7 Å². The number of carbonyl (C=O) groups excluding carboxylic acids is 1. The van der Waals surface area contributed by atoms with Crippen LogP contribution in [0.25, 0.3) is 5.57 Å². The number of unbranched alkanes of at least 4 members (excludes halogenated alkanes) is 1. The zero-order chi connectivity index (χ0) is 46.9. The lowest BCUT2D eigenvalue weighted by molar-refractivity contribution is 0.103. The first-order valence-electron chi connectivity index (χ1n) is 22.8. The minimum absolute atomic E-state index is 0.0308. The van der Waals surface area contributed by atoms with Gasteiger partial charge in [0, 0.05) is 11.1 Å². The summed E-state index contributed by atoms with van der Waals surface area (Å²) in [5.41, 5.74) is 10.3. The van der Waals surface area contributed by atoms with E-state index < -0.39 is 20.2 Å². The van der Waals surface area contributed by atoms with Gasteiger partial charge in [-0.1, -0.05) is 126 Å². The third-order valence-electron chi connectivity index (χ3n) is 13.5. The highest BCUT2D eigenvalue weighted by molar-refractivity contribution is 7.87.